The van der Waals surface area contributed by atoms with Crippen LogP contribution in [0.1, 0.15) is 15.9 Å². The molecule has 1 heterocycles. The molecule has 0 aliphatic carbocycles. The van der Waals surface area contributed by atoms with Crippen molar-refractivity contribution in [3.05, 3.63) is 23.3 Å². The highest BCUT2D eigenvalue weighted by molar-refractivity contribution is 5.89. The average molecular weight is 234 g/mol. The Balaban J connectivity index is 2.63. The van der Waals surface area contributed by atoms with Gasteiger partial charge in [0.25, 0.3) is 0 Å². The molecule has 1 aliphatic heterocycles. The van der Waals surface area contributed by atoms with Gasteiger partial charge in [-0.2, -0.15) is 13.2 Å². The summed E-state index contributed by atoms with van der Waals surface area (Å²) in [6.45, 7) is -0.346. The number of rotatable bonds is 1. The first-order valence-corrected chi connectivity index (χ1v) is 4.13. The van der Waals surface area contributed by atoms with E-state index in [-0.39, 0.29) is 12.5 Å². The number of carboxylic acid groups (broad SMARTS) is 1. The number of hydrogen-bond donors (Lipinski definition) is 1. The van der Waals surface area contributed by atoms with E-state index in [0.717, 1.165) is 6.07 Å². The van der Waals surface area contributed by atoms with Gasteiger partial charge in [0.2, 0.25) is 6.79 Å². The highest BCUT2D eigenvalue weighted by Gasteiger charge is 2.38. The quantitative estimate of drug-likeness (QED) is 0.808. The molecule has 0 unspecified atom stereocenters. The first-order chi connectivity index (χ1) is 7.39. The van der Waals surface area contributed by atoms with Crippen molar-refractivity contribution in [2.24, 2.45) is 0 Å². The molecule has 7 heteroatoms. The van der Waals surface area contributed by atoms with Crippen molar-refractivity contribution in [1.29, 1.82) is 0 Å². The summed E-state index contributed by atoms with van der Waals surface area (Å²) in [6, 6.07) is 1.52. The maximum Gasteiger partial charge on any atom is 0.420 e. The predicted molar refractivity (Wildman–Crippen MR) is 44.5 cm³/mol. The highest BCUT2D eigenvalue weighted by Crippen LogP contribution is 2.44. The number of carboxylic acids is 1. The molecule has 1 aliphatic rings. The maximum atomic E-state index is 12.6. The van der Waals surface area contributed by atoms with Gasteiger partial charge in [-0.1, -0.05) is 0 Å². The molecule has 0 saturated heterocycles. The number of halogens is 3. The van der Waals surface area contributed by atoms with Gasteiger partial charge in [0.15, 0.2) is 11.5 Å². The van der Waals surface area contributed by atoms with Gasteiger partial charge in [-0.05, 0) is 12.1 Å². The molecule has 1 aromatic carbocycles. The molecule has 0 spiro atoms. The Kier molecular flexibility index (Phi) is 2.18. The Bertz CT molecular complexity index is 453. The Morgan fingerprint density at radius 3 is 2.56 bits per heavy atom. The van der Waals surface area contributed by atoms with Crippen molar-refractivity contribution in [3.63, 3.8) is 0 Å². The van der Waals surface area contributed by atoms with E-state index in [2.05, 4.69) is 4.74 Å². The van der Waals surface area contributed by atoms with Gasteiger partial charge in [0, 0.05) is 0 Å². The molecule has 2 rings (SSSR count). The summed E-state index contributed by atoms with van der Waals surface area (Å²) in [5.74, 6) is -2.12. The molecule has 0 amide bonds. The summed E-state index contributed by atoms with van der Waals surface area (Å²) in [6.07, 6.45) is -4.68. The molecule has 0 saturated carbocycles. The first kappa shape index (κ1) is 10.6. The van der Waals surface area contributed by atoms with E-state index in [1.807, 2.05) is 0 Å². The summed E-state index contributed by atoms with van der Waals surface area (Å²) in [5, 5.41) is 8.64. The van der Waals surface area contributed by atoms with E-state index in [9.17, 15) is 18.0 Å². The molecule has 4 nitrogen and oxygen atoms in total. The van der Waals surface area contributed by atoms with Gasteiger partial charge in [-0.25, -0.2) is 4.79 Å². The van der Waals surface area contributed by atoms with E-state index < -0.39 is 29.0 Å². The van der Waals surface area contributed by atoms with E-state index in [1.54, 1.807) is 0 Å². The Morgan fingerprint density at radius 1 is 1.31 bits per heavy atom. The van der Waals surface area contributed by atoms with Crippen LogP contribution < -0.4 is 9.47 Å². The number of alkyl halides is 3. The summed E-state index contributed by atoms with van der Waals surface area (Å²) >= 11 is 0. The summed E-state index contributed by atoms with van der Waals surface area (Å²) in [4.78, 5) is 10.6. The third kappa shape index (κ3) is 1.64. The van der Waals surface area contributed by atoms with Gasteiger partial charge in [0.05, 0.1) is 5.56 Å². The van der Waals surface area contributed by atoms with Gasteiger partial charge >= 0.3 is 12.1 Å². The number of fused-ring (bicyclic) bond motifs is 1. The van der Waals surface area contributed by atoms with Crippen molar-refractivity contribution >= 4 is 5.97 Å². The fraction of sp³-hybridized carbons (Fsp3) is 0.222. The van der Waals surface area contributed by atoms with Crippen molar-refractivity contribution in [1.82, 2.24) is 0 Å². The Labute approximate surface area is 87.2 Å². The summed E-state index contributed by atoms with van der Waals surface area (Å²) < 4.78 is 47.1. The van der Waals surface area contributed by atoms with Crippen LogP contribution in [0.25, 0.3) is 0 Å². The lowest BCUT2D eigenvalue weighted by Gasteiger charge is -2.10. The average Bonchev–Trinajstić information content (AvgIpc) is 2.61. The van der Waals surface area contributed by atoms with Gasteiger partial charge in [-0.15, -0.1) is 0 Å². The third-order valence-electron chi connectivity index (χ3n) is 2.02. The van der Waals surface area contributed by atoms with Crippen LogP contribution in [0.3, 0.4) is 0 Å². The fourth-order valence-corrected chi connectivity index (χ4v) is 1.34. The summed E-state index contributed by atoms with van der Waals surface area (Å²) in [7, 11) is 0. The second kappa shape index (κ2) is 3.29. The largest absolute Gasteiger partial charge is 0.478 e. The fourth-order valence-electron chi connectivity index (χ4n) is 1.34. The number of aromatic carboxylic acids is 1. The molecule has 0 fully saturated rings. The Hall–Kier alpha value is -1.92. The molecule has 0 atom stereocenters. The summed E-state index contributed by atoms with van der Waals surface area (Å²) in [5.41, 5.74) is -1.63. The third-order valence-corrected chi connectivity index (χ3v) is 2.02. The van der Waals surface area contributed by atoms with Gasteiger partial charge < -0.3 is 14.6 Å². The molecule has 0 bridgehead atoms. The lowest BCUT2D eigenvalue weighted by Crippen LogP contribution is -2.08. The van der Waals surface area contributed by atoms with Crippen molar-refractivity contribution < 1.29 is 32.5 Å². The van der Waals surface area contributed by atoms with Crippen LogP contribution in [0.15, 0.2) is 12.1 Å². The van der Waals surface area contributed by atoms with Crippen LogP contribution in [-0.4, -0.2) is 17.9 Å². The second-order valence-corrected chi connectivity index (χ2v) is 3.06. The van der Waals surface area contributed by atoms with Crippen molar-refractivity contribution in [2.75, 3.05) is 6.79 Å². The molecular formula is C9H5F3O4. The van der Waals surface area contributed by atoms with Crippen molar-refractivity contribution in [2.45, 2.75) is 6.18 Å². The van der Waals surface area contributed by atoms with Crippen molar-refractivity contribution in [3.8, 4) is 11.5 Å². The van der Waals surface area contributed by atoms with Crippen LogP contribution >= 0.6 is 0 Å². The zero-order valence-corrected chi connectivity index (χ0v) is 7.67. The van der Waals surface area contributed by atoms with Gasteiger partial charge in [0.1, 0.15) is 5.56 Å². The number of carbonyl (C=O) groups is 1. The minimum Gasteiger partial charge on any atom is -0.478 e. The SMILES string of the molecule is O=C(O)c1cc2c(c(C(F)(F)F)c1)OCO2. The molecular weight excluding hydrogens is 229 g/mol. The molecule has 1 N–H and O–H groups in total. The van der Waals surface area contributed by atoms with E-state index in [4.69, 9.17) is 9.84 Å². The maximum absolute atomic E-state index is 12.6. The lowest BCUT2D eigenvalue weighted by atomic mass is 10.1. The van der Waals surface area contributed by atoms with E-state index in [0.29, 0.717) is 6.07 Å². The topological polar surface area (TPSA) is 55.8 Å². The molecule has 1 aromatic rings. The Morgan fingerprint density at radius 2 is 2.00 bits per heavy atom. The van der Waals surface area contributed by atoms with Crippen LogP contribution in [0.5, 0.6) is 11.5 Å². The number of benzene rings is 1. The first-order valence-electron chi connectivity index (χ1n) is 4.13. The van der Waals surface area contributed by atoms with Crippen LogP contribution in [-0.2, 0) is 6.18 Å². The molecule has 16 heavy (non-hydrogen) atoms. The molecule has 86 valence electrons. The normalized spacial score (nSPS) is 13.9. The predicted octanol–water partition coefficient (Wildman–Crippen LogP) is 2.13. The minimum absolute atomic E-state index is 0.202. The smallest absolute Gasteiger partial charge is 0.420 e. The molecule has 0 radical (unpaired) electrons. The van der Waals surface area contributed by atoms with Crippen LogP contribution in [0, 0.1) is 0 Å². The lowest BCUT2D eigenvalue weighted by molar-refractivity contribution is -0.138. The zero-order chi connectivity index (χ0) is 11.9. The van der Waals surface area contributed by atoms with Crippen LogP contribution in [0.4, 0.5) is 13.2 Å². The van der Waals surface area contributed by atoms with Crippen LogP contribution in [0.2, 0.25) is 0 Å². The second-order valence-electron chi connectivity index (χ2n) is 3.06. The van der Waals surface area contributed by atoms with E-state index >= 15 is 0 Å². The molecule has 0 aromatic heterocycles. The number of ether oxygens (including phenoxy) is 2. The monoisotopic (exact) mass is 234 g/mol. The minimum atomic E-state index is -4.68. The standard InChI is InChI=1S/C9H5F3O4/c10-9(11,12)5-1-4(8(13)14)2-6-7(5)16-3-15-6/h1-2H,3H2,(H,13,14). The number of hydrogen-bond acceptors (Lipinski definition) is 3. The highest BCUT2D eigenvalue weighted by atomic mass is 19.4. The van der Waals surface area contributed by atoms with E-state index in [1.165, 1.54) is 0 Å². The van der Waals surface area contributed by atoms with Gasteiger partial charge in [-0.3, -0.25) is 0 Å². The zero-order valence-electron chi connectivity index (χ0n) is 7.67.